The van der Waals surface area contributed by atoms with Gasteiger partial charge in [0.15, 0.2) is 0 Å². The summed E-state index contributed by atoms with van der Waals surface area (Å²) in [5, 5.41) is 7.67. The number of amides is 1. The third-order valence-electron chi connectivity index (χ3n) is 5.76. The van der Waals surface area contributed by atoms with E-state index >= 15 is 0 Å². The summed E-state index contributed by atoms with van der Waals surface area (Å²) in [5.74, 6) is -0.0472. The second kappa shape index (κ2) is 10.3. The maximum atomic E-state index is 13.5. The van der Waals surface area contributed by atoms with Gasteiger partial charge in [-0.15, -0.1) is 0 Å². The predicted molar refractivity (Wildman–Crippen MR) is 133 cm³/mol. The quantitative estimate of drug-likeness (QED) is 0.403. The Bertz CT molecular complexity index is 1200. The van der Waals surface area contributed by atoms with Gasteiger partial charge in [0.2, 0.25) is 5.91 Å². The molecule has 1 N–H and O–H groups in total. The average Bonchev–Trinajstić information content (AvgIpc) is 3.24. The van der Waals surface area contributed by atoms with Crippen LogP contribution in [0.15, 0.2) is 91.3 Å². The van der Waals surface area contributed by atoms with Gasteiger partial charge < -0.3 is 5.32 Å². The van der Waals surface area contributed by atoms with Crippen LogP contribution in [-0.2, 0) is 17.9 Å². The third-order valence-corrected chi connectivity index (χ3v) is 5.76. The van der Waals surface area contributed by atoms with E-state index in [0.29, 0.717) is 6.54 Å². The molecule has 0 spiro atoms. The van der Waals surface area contributed by atoms with Crippen LogP contribution >= 0.6 is 0 Å². The number of aromatic nitrogens is 2. The van der Waals surface area contributed by atoms with Crippen LogP contribution in [-0.4, -0.2) is 27.6 Å². The normalized spacial score (nSPS) is 12.0. The Kier molecular flexibility index (Phi) is 7.01. The van der Waals surface area contributed by atoms with Gasteiger partial charge in [-0.05, 0) is 49.2 Å². The number of anilines is 1. The van der Waals surface area contributed by atoms with Crippen LogP contribution in [0.25, 0.3) is 0 Å². The van der Waals surface area contributed by atoms with E-state index in [-0.39, 0.29) is 5.91 Å². The molecular formula is C28H30N4O. The van der Waals surface area contributed by atoms with Crippen molar-refractivity contribution in [3.05, 3.63) is 119 Å². The molecule has 4 aromatic rings. The number of likely N-dealkylation sites (N-methyl/N-ethyl adjacent to an activating group) is 1. The van der Waals surface area contributed by atoms with Gasteiger partial charge in [-0.1, -0.05) is 72.8 Å². The molecule has 168 valence electrons. The summed E-state index contributed by atoms with van der Waals surface area (Å²) in [6, 6.07) is 25.9. The Morgan fingerprint density at radius 3 is 2.39 bits per heavy atom. The van der Waals surface area contributed by atoms with Crippen molar-refractivity contribution >= 4 is 11.6 Å². The monoisotopic (exact) mass is 438 g/mol. The first-order valence-electron chi connectivity index (χ1n) is 11.2. The first-order valence-corrected chi connectivity index (χ1v) is 11.2. The topological polar surface area (TPSA) is 50.2 Å². The van der Waals surface area contributed by atoms with Crippen molar-refractivity contribution in [2.45, 2.75) is 33.0 Å². The molecule has 0 aliphatic carbocycles. The van der Waals surface area contributed by atoms with E-state index in [1.807, 2.05) is 98.6 Å². The highest BCUT2D eigenvalue weighted by molar-refractivity contribution is 5.96. The second-order valence-corrected chi connectivity index (χ2v) is 8.57. The number of hydrogen-bond donors (Lipinski definition) is 1. The highest BCUT2D eigenvalue weighted by Crippen LogP contribution is 2.25. The first kappa shape index (κ1) is 22.5. The first-order chi connectivity index (χ1) is 16.0. The molecular weight excluding hydrogens is 408 g/mol. The molecule has 1 amide bonds. The molecule has 5 heteroatoms. The fraction of sp³-hybridized carbons (Fsp3) is 0.214. The summed E-state index contributed by atoms with van der Waals surface area (Å²) in [6.07, 6.45) is 3.93. The van der Waals surface area contributed by atoms with Gasteiger partial charge >= 0.3 is 0 Å². The molecule has 0 saturated carbocycles. The van der Waals surface area contributed by atoms with E-state index < -0.39 is 6.04 Å². The molecule has 1 atom stereocenters. The van der Waals surface area contributed by atoms with Gasteiger partial charge in [0.05, 0.1) is 12.7 Å². The van der Waals surface area contributed by atoms with Gasteiger partial charge in [-0.2, -0.15) is 5.10 Å². The maximum absolute atomic E-state index is 13.5. The zero-order valence-electron chi connectivity index (χ0n) is 19.4. The van der Waals surface area contributed by atoms with Crippen LogP contribution in [0.5, 0.6) is 0 Å². The average molecular weight is 439 g/mol. The number of aryl methyl sites for hydroxylation is 2. The molecule has 33 heavy (non-hydrogen) atoms. The number of nitrogens with zero attached hydrogens (tertiary/aromatic N) is 3. The Morgan fingerprint density at radius 2 is 1.67 bits per heavy atom. The van der Waals surface area contributed by atoms with Crippen molar-refractivity contribution in [3.8, 4) is 0 Å². The number of rotatable bonds is 8. The highest BCUT2D eigenvalue weighted by atomic mass is 16.2. The smallest absolute Gasteiger partial charge is 0.246 e. The Balaban J connectivity index is 1.52. The van der Waals surface area contributed by atoms with E-state index in [1.165, 1.54) is 5.56 Å². The van der Waals surface area contributed by atoms with E-state index in [2.05, 4.69) is 33.5 Å². The zero-order valence-corrected chi connectivity index (χ0v) is 19.4. The maximum Gasteiger partial charge on any atom is 0.246 e. The van der Waals surface area contributed by atoms with Crippen molar-refractivity contribution in [1.29, 1.82) is 0 Å². The Hall–Kier alpha value is -3.70. The number of nitrogens with one attached hydrogen (secondary N) is 1. The fourth-order valence-electron chi connectivity index (χ4n) is 4.04. The molecule has 0 saturated heterocycles. The van der Waals surface area contributed by atoms with Crippen LogP contribution in [0.1, 0.15) is 33.9 Å². The van der Waals surface area contributed by atoms with Crippen LogP contribution in [0.2, 0.25) is 0 Å². The van der Waals surface area contributed by atoms with Gasteiger partial charge in [0, 0.05) is 24.0 Å². The second-order valence-electron chi connectivity index (χ2n) is 8.57. The minimum atomic E-state index is -0.427. The SMILES string of the molecule is Cc1ccc(C)c(NC(=O)[C@H](c2ccccc2)N(C)Cc2cnn(Cc3ccccc3)c2)c1. The summed E-state index contributed by atoms with van der Waals surface area (Å²) in [7, 11) is 1.98. The summed E-state index contributed by atoms with van der Waals surface area (Å²) < 4.78 is 1.94. The minimum Gasteiger partial charge on any atom is -0.324 e. The number of carbonyl (C=O) groups excluding carboxylic acids is 1. The summed E-state index contributed by atoms with van der Waals surface area (Å²) in [6.45, 7) is 5.37. The lowest BCUT2D eigenvalue weighted by Crippen LogP contribution is -2.34. The lowest BCUT2D eigenvalue weighted by Gasteiger charge is -2.27. The van der Waals surface area contributed by atoms with Crippen molar-refractivity contribution in [1.82, 2.24) is 14.7 Å². The van der Waals surface area contributed by atoms with E-state index in [0.717, 1.165) is 34.5 Å². The summed E-state index contributed by atoms with van der Waals surface area (Å²) in [5.41, 5.74) is 6.24. The molecule has 5 nitrogen and oxygen atoms in total. The molecule has 0 aliphatic heterocycles. The minimum absolute atomic E-state index is 0.0472. The molecule has 0 aliphatic rings. The number of benzene rings is 3. The highest BCUT2D eigenvalue weighted by Gasteiger charge is 2.26. The largest absolute Gasteiger partial charge is 0.324 e. The van der Waals surface area contributed by atoms with Crippen LogP contribution in [0.4, 0.5) is 5.69 Å². The molecule has 1 heterocycles. The fourth-order valence-corrected chi connectivity index (χ4v) is 4.04. The van der Waals surface area contributed by atoms with Crippen LogP contribution in [0.3, 0.4) is 0 Å². The molecule has 1 aromatic heterocycles. The zero-order chi connectivity index (χ0) is 23.2. The molecule has 0 unspecified atom stereocenters. The lowest BCUT2D eigenvalue weighted by atomic mass is 10.0. The van der Waals surface area contributed by atoms with Crippen LogP contribution < -0.4 is 5.32 Å². The van der Waals surface area contributed by atoms with Crippen LogP contribution in [0, 0.1) is 13.8 Å². The number of carbonyl (C=O) groups is 1. The van der Waals surface area contributed by atoms with E-state index in [4.69, 9.17) is 0 Å². The summed E-state index contributed by atoms with van der Waals surface area (Å²) in [4.78, 5) is 15.6. The van der Waals surface area contributed by atoms with E-state index in [1.54, 1.807) is 0 Å². The molecule has 0 fully saturated rings. The van der Waals surface area contributed by atoms with Crippen molar-refractivity contribution in [2.75, 3.05) is 12.4 Å². The van der Waals surface area contributed by atoms with E-state index in [9.17, 15) is 4.79 Å². The third kappa shape index (κ3) is 5.76. The van der Waals surface area contributed by atoms with Gasteiger partial charge in [-0.3, -0.25) is 14.4 Å². The van der Waals surface area contributed by atoms with Gasteiger partial charge in [0.25, 0.3) is 0 Å². The molecule has 4 rings (SSSR count). The molecule has 0 radical (unpaired) electrons. The Morgan fingerprint density at radius 1 is 0.970 bits per heavy atom. The lowest BCUT2D eigenvalue weighted by molar-refractivity contribution is -0.121. The predicted octanol–water partition coefficient (Wildman–Crippen LogP) is 5.36. The Labute approximate surface area is 195 Å². The van der Waals surface area contributed by atoms with Crippen molar-refractivity contribution in [3.63, 3.8) is 0 Å². The van der Waals surface area contributed by atoms with Crippen molar-refractivity contribution < 1.29 is 4.79 Å². The number of hydrogen-bond acceptors (Lipinski definition) is 3. The van der Waals surface area contributed by atoms with Gasteiger partial charge in [-0.25, -0.2) is 0 Å². The van der Waals surface area contributed by atoms with Gasteiger partial charge in [0.1, 0.15) is 6.04 Å². The molecule has 3 aromatic carbocycles. The van der Waals surface area contributed by atoms with Crippen molar-refractivity contribution in [2.24, 2.45) is 0 Å². The molecule has 0 bridgehead atoms. The summed E-state index contributed by atoms with van der Waals surface area (Å²) >= 11 is 0. The standard InChI is InChI=1S/C28H30N4O/c1-21-14-15-22(2)26(16-21)30-28(33)27(25-12-8-5-9-13-25)31(3)18-24-17-29-32(20-24)19-23-10-6-4-7-11-23/h4-17,20,27H,18-19H2,1-3H3,(H,30,33)/t27-/m0/s1.